The summed E-state index contributed by atoms with van der Waals surface area (Å²) in [6, 6.07) is 11.8. The molecule has 3 aromatic rings. The number of amides is 1. The molecule has 1 amide bonds. The Hall–Kier alpha value is -3.03. The molecule has 0 radical (unpaired) electrons. The van der Waals surface area contributed by atoms with E-state index in [9.17, 15) is 4.79 Å². The lowest BCUT2D eigenvalue weighted by atomic mass is 10.1. The van der Waals surface area contributed by atoms with Crippen LogP contribution < -0.4 is 5.32 Å². The van der Waals surface area contributed by atoms with E-state index in [0.29, 0.717) is 12.1 Å². The van der Waals surface area contributed by atoms with Crippen molar-refractivity contribution in [3.63, 3.8) is 0 Å². The van der Waals surface area contributed by atoms with Gasteiger partial charge >= 0.3 is 0 Å². The second-order valence-corrected chi connectivity index (χ2v) is 6.71. The van der Waals surface area contributed by atoms with E-state index in [1.165, 1.54) is 5.56 Å². The van der Waals surface area contributed by atoms with Crippen LogP contribution in [0.15, 0.2) is 61.3 Å². The van der Waals surface area contributed by atoms with Gasteiger partial charge in [-0.3, -0.25) is 14.3 Å². The zero-order chi connectivity index (χ0) is 19.2. The van der Waals surface area contributed by atoms with Gasteiger partial charge in [0.25, 0.3) is 5.91 Å². The summed E-state index contributed by atoms with van der Waals surface area (Å²) in [5.74, 6) is 0.593. The number of benzene rings is 1. The van der Waals surface area contributed by atoms with Gasteiger partial charge in [-0.1, -0.05) is 24.3 Å². The lowest BCUT2D eigenvalue weighted by molar-refractivity contribution is 0.0340. The Bertz CT molecular complexity index is 903. The molecule has 3 heterocycles. The fourth-order valence-corrected chi connectivity index (χ4v) is 3.23. The van der Waals surface area contributed by atoms with Crippen molar-refractivity contribution in [1.82, 2.24) is 24.8 Å². The SMILES string of the molecule is O=C(NCc1ccccc1CN1CCOCC1)c1ccc(-n2ccnc2)nc1. The van der Waals surface area contributed by atoms with E-state index in [2.05, 4.69) is 32.3 Å². The number of ether oxygens (including phenoxy) is 1. The number of rotatable bonds is 6. The summed E-state index contributed by atoms with van der Waals surface area (Å²) in [4.78, 5) is 23.2. The maximum atomic E-state index is 12.5. The molecule has 0 bridgehead atoms. The van der Waals surface area contributed by atoms with Crippen LogP contribution in [0, 0.1) is 0 Å². The van der Waals surface area contributed by atoms with Gasteiger partial charge in [-0.15, -0.1) is 0 Å². The number of aromatic nitrogens is 3. The fourth-order valence-electron chi connectivity index (χ4n) is 3.23. The zero-order valence-electron chi connectivity index (χ0n) is 15.6. The summed E-state index contributed by atoms with van der Waals surface area (Å²) < 4.78 is 7.21. The quantitative estimate of drug-likeness (QED) is 0.712. The van der Waals surface area contributed by atoms with Gasteiger partial charge in [0.05, 0.1) is 18.8 Å². The molecule has 7 heteroatoms. The van der Waals surface area contributed by atoms with Crippen molar-refractivity contribution in [3.8, 4) is 5.82 Å². The number of carbonyl (C=O) groups is 1. The van der Waals surface area contributed by atoms with Gasteiger partial charge in [0.2, 0.25) is 0 Å². The summed E-state index contributed by atoms with van der Waals surface area (Å²) in [6.45, 7) is 4.80. The van der Waals surface area contributed by atoms with Gasteiger partial charge in [0.15, 0.2) is 0 Å². The fraction of sp³-hybridized carbons (Fsp3) is 0.286. The first-order valence-electron chi connectivity index (χ1n) is 9.39. The average Bonchev–Trinajstić information content (AvgIpc) is 3.29. The number of morpholine rings is 1. The number of pyridine rings is 1. The molecule has 4 rings (SSSR count). The third kappa shape index (κ3) is 4.44. The predicted octanol–water partition coefficient (Wildman–Crippen LogP) is 2.03. The summed E-state index contributed by atoms with van der Waals surface area (Å²) in [6.07, 6.45) is 6.77. The second-order valence-electron chi connectivity index (χ2n) is 6.71. The Balaban J connectivity index is 1.38. The van der Waals surface area contributed by atoms with E-state index in [1.54, 1.807) is 29.4 Å². The Morgan fingerprint density at radius 1 is 1.11 bits per heavy atom. The lowest BCUT2D eigenvalue weighted by Gasteiger charge is -2.27. The smallest absolute Gasteiger partial charge is 0.253 e. The van der Waals surface area contributed by atoms with E-state index in [4.69, 9.17) is 4.74 Å². The van der Waals surface area contributed by atoms with Crippen LogP contribution in [0.1, 0.15) is 21.5 Å². The minimum absolute atomic E-state index is 0.133. The molecule has 0 spiro atoms. The summed E-state index contributed by atoms with van der Waals surface area (Å²) in [5, 5.41) is 3.01. The van der Waals surface area contributed by atoms with Crippen molar-refractivity contribution < 1.29 is 9.53 Å². The van der Waals surface area contributed by atoms with Crippen LogP contribution in [0.4, 0.5) is 0 Å². The minimum atomic E-state index is -0.133. The molecule has 0 aliphatic carbocycles. The highest BCUT2D eigenvalue weighted by molar-refractivity contribution is 5.93. The normalized spacial score (nSPS) is 14.7. The van der Waals surface area contributed by atoms with E-state index < -0.39 is 0 Å². The van der Waals surface area contributed by atoms with Crippen LogP contribution in [-0.4, -0.2) is 51.6 Å². The van der Waals surface area contributed by atoms with E-state index in [-0.39, 0.29) is 5.91 Å². The van der Waals surface area contributed by atoms with Crippen molar-refractivity contribution in [2.24, 2.45) is 0 Å². The molecule has 7 nitrogen and oxygen atoms in total. The molecule has 0 saturated carbocycles. The molecule has 2 aromatic heterocycles. The zero-order valence-corrected chi connectivity index (χ0v) is 15.6. The highest BCUT2D eigenvalue weighted by Gasteiger charge is 2.13. The number of carbonyl (C=O) groups excluding carboxylic acids is 1. The number of hydrogen-bond donors (Lipinski definition) is 1. The van der Waals surface area contributed by atoms with Gasteiger partial charge in [0, 0.05) is 44.8 Å². The monoisotopic (exact) mass is 377 g/mol. The van der Waals surface area contributed by atoms with Crippen LogP contribution in [0.25, 0.3) is 5.82 Å². The molecule has 28 heavy (non-hydrogen) atoms. The van der Waals surface area contributed by atoms with Crippen LogP contribution in [0.3, 0.4) is 0 Å². The first-order chi connectivity index (χ1) is 13.8. The standard InChI is InChI=1S/C21H23N5O2/c27-21(18-5-6-20(23-14-18)26-8-7-22-16-26)24-13-17-3-1-2-4-19(17)15-25-9-11-28-12-10-25/h1-8,14,16H,9-13,15H2,(H,24,27). The number of nitrogens with zero attached hydrogens (tertiary/aromatic N) is 4. The van der Waals surface area contributed by atoms with Crippen LogP contribution in [0.2, 0.25) is 0 Å². The molecule has 1 aliphatic rings. The van der Waals surface area contributed by atoms with E-state index in [1.807, 2.05) is 24.4 Å². The van der Waals surface area contributed by atoms with E-state index in [0.717, 1.165) is 44.2 Å². The molecule has 1 aliphatic heterocycles. The number of nitrogens with one attached hydrogen (secondary N) is 1. The van der Waals surface area contributed by atoms with Crippen molar-refractivity contribution >= 4 is 5.91 Å². The minimum Gasteiger partial charge on any atom is -0.379 e. The highest BCUT2D eigenvalue weighted by Crippen LogP contribution is 2.13. The van der Waals surface area contributed by atoms with Gasteiger partial charge in [-0.25, -0.2) is 9.97 Å². The third-order valence-electron chi connectivity index (χ3n) is 4.83. The number of hydrogen-bond acceptors (Lipinski definition) is 5. The Labute approximate surface area is 164 Å². The molecule has 1 aromatic carbocycles. The van der Waals surface area contributed by atoms with Gasteiger partial charge in [0.1, 0.15) is 12.1 Å². The maximum Gasteiger partial charge on any atom is 0.253 e. The topological polar surface area (TPSA) is 72.3 Å². The van der Waals surface area contributed by atoms with Gasteiger partial charge in [-0.2, -0.15) is 0 Å². The van der Waals surface area contributed by atoms with Gasteiger partial charge in [-0.05, 0) is 23.3 Å². The summed E-state index contributed by atoms with van der Waals surface area (Å²) >= 11 is 0. The summed E-state index contributed by atoms with van der Waals surface area (Å²) in [7, 11) is 0. The summed E-state index contributed by atoms with van der Waals surface area (Å²) in [5.41, 5.74) is 2.90. The molecule has 1 fully saturated rings. The predicted molar refractivity (Wildman–Crippen MR) is 105 cm³/mol. The second kappa shape index (κ2) is 8.77. The molecule has 1 saturated heterocycles. The lowest BCUT2D eigenvalue weighted by Crippen LogP contribution is -2.36. The van der Waals surface area contributed by atoms with Crippen molar-refractivity contribution in [2.75, 3.05) is 26.3 Å². The maximum absolute atomic E-state index is 12.5. The number of imidazole rings is 1. The van der Waals surface area contributed by atoms with Crippen LogP contribution >= 0.6 is 0 Å². The molecular formula is C21H23N5O2. The van der Waals surface area contributed by atoms with Crippen LogP contribution in [-0.2, 0) is 17.8 Å². The van der Waals surface area contributed by atoms with Crippen molar-refractivity contribution in [3.05, 3.63) is 78.0 Å². The third-order valence-corrected chi connectivity index (χ3v) is 4.83. The van der Waals surface area contributed by atoms with Crippen LogP contribution in [0.5, 0.6) is 0 Å². The van der Waals surface area contributed by atoms with Crippen molar-refractivity contribution in [1.29, 1.82) is 0 Å². The highest BCUT2D eigenvalue weighted by atomic mass is 16.5. The molecule has 0 atom stereocenters. The molecular weight excluding hydrogens is 354 g/mol. The molecule has 0 unspecified atom stereocenters. The molecule has 144 valence electrons. The van der Waals surface area contributed by atoms with Crippen molar-refractivity contribution in [2.45, 2.75) is 13.1 Å². The Morgan fingerprint density at radius 2 is 1.93 bits per heavy atom. The Kier molecular flexibility index (Phi) is 5.75. The average molecular weight is 377 g/mol. The first kappa shape index (κ1) is 18.3. The largest absolute Gasteiger partial charge is 0.379 e. The Morgan fingerprint density at radius 3 is 2.64 bits per heavy atom. The first-order valence-corrected chi connectivity index (χ1v) is 9.39. The molecule has 1 N–H and O–H groups in total. The van der Waals surface area contributed by atoms with Gasteiger partial charge < -0.3 is 10.1 Å². The van der Waals surface area contributed by atoms with E-state index >= 15 is 0 Å².